The zero-order chi connectivity index (χ0) is 32.3. The van der Waals surface area contributed by atoms with Crippen molar-refractivity contribution in [2.75, 3.05) is 6.61 Å². The maximum absolute atomic E-state index is 14.0. The molecule has 0 aliphatic heterocycles. The molecule has 4 aromatic rings. The molecule has 234 valence electrons. The van der Waals surface area contributed by atoms with E-state index in [1.807, 2.05) is 20.8 Å². The van der Waals surface area contributed by atoms with Crippen LogP contribution in [0, 0.1) is 12.7 Å². The van der Waals surface area contributed by atoms with Crippen molar-refractivity contribution in [3.05, 3.63) is 73.9 Å². The van der Waals surface area contributed by atoms with Gasteiger partial charge in [0.2, 0.25) is 5.91 Å². The maximum Gasteiger partial charge on any atom is 0.333 e. The highest BCUT2D eigenvalue weighted by atomic mass is 32.1. The SMILES string of the molecule is CC(C)(O)CO.CCc1ccc(F)cc1CCn1c(=O)n(C(C)(C)C(=O)NC(C)C)c(=O)c2c(C)c(-n3nccn3)sc21. The van der Waals surface area contributed by atoms with Crippen LogP contribution in [0.2, 0.25) is 0 Å². The molecule has 1 amide bonds. The Labute approximate surface area is 253 Å². The number of benzene rings is 1. The van der Waals surface area contributed by atoms with Crippen LogP contribution >= 0.6 is 11.3 Å². The monoisotopic (exact) mass is 616 g/mol. The van der Waals surface area contributed by atoms with Crippen LogP contribution in [0.5, 0.6) is 0 Å². The van der Waals surface area contributed by atoms with Gasteiger partial charge in [-0.1, -0.05) is 24.3 Å². The number of aliphatic hydroxyl groups excluding tert-OH is 1. The van der Waals surface area contributed by atoms with Gasteiger partial charge in [0.1, 0.15) is 21.2 Å². The van der Waals surface area contributed by atoms with Crippen LogP contribution in [0.25, 0.3) is 15.2 Å². The highest BCUT2D eigenvalue weighted by molar-refractivity contribution is 7.21. The first-order chi connectivity index (χ1) is 20.0. The number of rotatable bonds is 9. The molecule has 3 aromatic heterocycles. The minimum atomic E-state index is -1.46. The molecule has 0 aliphatic rings. The average Bonchev–Trinajstić information content (AvgIpc) is 3.56. The predicted octanol–water partition coefficient (Wildman–Crippen LogP) is 3.07. The number of halogens is 1. The van der Waals surface area contributed by atoms with Crippen molar-refractivity contribution in [2.24, 2.45) is 0 Å². The quantitative estimate of drug-likeness (QED) is 0.262. The van der Waals surface area contributed by atoms with Gasteiger partial charge in [0.25, 0.3) is 5.56 Å². The molecule has 0 unspecified atom stereocenters. The molecule has 3 heterocycles. The first kappa shape index (κ1) is 33.8. The van der Waals surface area contributed by atoms with Gasteiger partial charge in [-0.3, -0.25) is 14.2 Å². The van der Waals surface area contributed by atoms with Crippen LogP contribution in [0.3, 0.4) is 0 Å². The summed E-state index contributed by atoms with van der Waals surface area (Å²) in [6.07, 6.45) is 4.16. The molecule has 0 saturated heterocycles. The van der Waals surface area contributed by atoms with Crippen LogP contribution < -0.4 is 16.6 Å². The molecule has 0 aliphatic carbocycles. The second kappa shape index (κ2) is 13.3. The minimum Gasteiger partial charge on any atom is -0.393 e. The van der Waals surface area contributed by atoms with E-state index in [4.69, 9.17) is 10.2 Å². The summed E-state index contributed by atoms with van der Waals surface area (Å²) in [6.45, 7) is 13.6. The third kappa shape index (κ3) is 7.46. The van der Waals surface area contributed by atoms with E-state index in [-0.39, 0.29) is 25.0 Å². The molecule has 11 nitrogen and oxygen atoms in total. The van der Waals surface area contributed by atoms with E-state index in [0.717, 1.165) is 22.1 Å². The summed E-state index contributed by atoms with van der Waals surface area (Å²) < 4.78 is 16.6. The summed E-state index contributed by atoms with van der Waals surface area (Å²) in [6, 6.07) is 4.49. The number of thiophene rings is 1. The zero-order valence-electron chi connectivity index (χ0n) is 25.9. The predicted molar refractivity (Wildman–Crippen MR) is 165 cm³/mol. The van der Waals surface area contributed by atoms with Crippen LogP contribution in [0.1, 0.15) is 65.2 Å². The van der Waals surface area contributed by atoms with Crippen LogP contribution in [0.4, 0.5) is 4.39 Å². The summed E-state index contributed by atoms with van der Waals surface area (Å²) in [5, 5.41) is 28.9. The zero-order valence-corrected chi connectivity index (χ0v) is 26.8. The molecule has 0 bridgehead atoms. The van der Waals surface area contributed by atoms with Gasteiger partial charge in [0, 0.05) is 18.2 Å². The number of fused-ring (bicyclic) bond motifs is 1. The van der Waals surface area contributed by atoms with E-state index < -0.39 is 28.3 Å². The summed E-state index contributed by atoms with van der Waals surface area (Å²) in [4.78, 5) is 42.8. The van der Waals surface area contributed by atoms with Gasteiger partial charge in [-0.05, 0) is 84.6 Å². The minimum absolute atomic E-state index is 0.172. The topological polar surface area (TPSA) is 144 Å². The van der Waals surface area contributed by atoms with E-state index in [2.05, 4.69) is 15.5 Å². The van der Waals surface area contributed by atoms with Crippen LogP contribution in [-0.2, 0) is 29.7 Å². The van der Waals surface area contributed by atoms with Crippen LogP contribution in [0.15, 0.2) is 40.2 Å². The lowest BCUT2D eigenvalue weighted by atomic mass is 10.0. The van der Waals surface area contributed by atoms with Crippen molar-refractivity contribution in [3.8, 4) is 5.00 Å². The van der Waals surface area contributed by atoms with Gasteiger partial charge in [-0.15, -0.1) is 4.80 Å². The third-order valence-corrected chi connectivity index (χ3v) is 8.14. The molecule has 0 radical (unpaired) electrons. The van der Waals surface area contributed by atoms with Crippen molar-refractivity contribution in [3.63, 3.8) is 0 Å². The van der Waals surface area contributed by atoms with Crippen molar-refractivity contribution < 1.29 is 19.4 Å². The Morgan fingerprint density at radius 2 is 1.72 bits per heavy atom. The fourth-order valence-corrected chi connectivity index (χ4v) is 5.72. The number of aliphatic hydroxyl groups is 2. The number of aromatic nitrogens is 5. The fraction of sp³-hybridized carbons (Fsp3) is 0.500. The Kier molecular flexibility index (Phi) is 10.5. The van der Waals surface area contributed by atoms with Crippen molar-refractivity contribution in [2.45, 2.75) is 92.0 Å². The number of amides is 1. The molecule has 1 aromatic carbocycles. The third-order valence-electron chi connectivity index (χ3n) is 6.86. The molecule has 0 fully saturated rings. The summed E-state index contributed by atoms with van der Waals surface area (Å²) in [7, 11) is 0. The first-order valence-corrected chi connectivity index (χ1v) is 14.9. The highest BCUT2D eigenvalue weighted by Gasteiger charge is 2.35. The lowest BCUT2D eigenvalue weighted by Gasteiger charge is -2.27. The molecular formula is C30H41FN6O5S. The second-order valence-corrected chi connectivity index (χ2v) is 12.8. The van der Waals surface area contributed by atoms with Crippen molar-refractivity contribution >= 4 is 27.5 Å². The molecule has 0 saturated carbocycles. The van der Waals surface area contributed by atoms with E-state index in [1.54, 1.807) is 40.7 Å². The van der Waals surface area contributed by atoms with Gasteiger partial charge >= 0.3 is 5.69 Å². The number of carbonyl (C=O) groups excluding carboxylic acids is 1. The summed E-state index contributed by atoms with van der Waals surface area (Å²) in [5.41, 5.74) is -1.12. The second-order valence-electron chi connectivity index (χ2n) is 11.8. The van der Waals surface area contributed by atoms with E-state index in [1.165, 1.54) is 45.2 Å². The lowest BCUT2D eigenvalue weighted by Crippen LogP contribution is -2.56. The van der Waals surface area contributed by atoms with Crippen LogP contribution in [-0.4, -0.2) is 58.5 Å². The molecule has 0 spiro atoms. The van der Waals surface area contributed by atoms with E-state index in [9.17, 15) is 18.8 Å². The number of nitrogens with zero attached hydrogens (tertiary/aromatic N) is 5. The Balaban J connectivity index is 0.000000765. The van der Waals surface area contributed by atoms with Gasteiger partial charge in [-0.25, -0.2) is 13.8 Å². The Hall–Kier alpha value is -3.68. The number of aryl methyl sites for hydroxylation is 4. The normalized spacial score (nSPS) is 12.0. The molecule has 0 atom stereocenters. The van der Waals surface area contributed by atoms with Gasteiger partial charge in [0.15, 0.2) is 0 Å². The standard InChI is InChI=1S/C26H31FN6O3S.C4H10O2/c1-7-17-8-9-19(27)14-18(17)10-13-31-23-20(16(4)22(37-23)33-28-11-12-29-33)21(34)32(25(31)36)26(5,6)24(35)30-15(2)3;1-4(2,6)3-5/h8-9,11-12,14-15H,7,10,13H2,1-6H3,(H,30,35);5-6H,3H2,1-2H3. The number of carbonyl (C=O) groups is 1. The summed E-state index contributed by atoms with van der Waals surface area (Å²) in [5.74, 6) is -0.784. The number of hydrogen-bond acceptors (Lipinski definition) is 8. The molecule has 4 rings (SSSR count). The fourth-order valence-electron chi connectivity index (χ4n) is 4.48. The van der Waals surface area contributed by atoms with Crippen molar-refractivity contribution in [1.82, 2.24) is 29.4 Å². The van der Waals surface area contributed by atoms with E-state index in [0.29, 0.717) is 27.2 Å². The Bertz CT molecular complexity index is 1700. The average molecular weight is 617 g/mol. The Morgan fingerprint density at radius 1 is 1.12 bits per heavy atom. The molecular weight excluding hydrogens is 575 g/mol. The first-order valence-electron chi connectivity index (χ1n) is 14.1. The Morgan fingerprint density at radius 3 is 2.26 bits per heavy atom. The number of nitrogens with one attached hydrogen (secondary N) is 1. The molecule has 13 heteroatoms. The van der Waals surface area contributed by atoms with E-state index >= 15 is 0 Å². The number of hydrogen-bond donors (Lipinski definition) is 3. The van der Waals surface area contributed by atoms with Gasteiger partial charge < -0.3 is 15.5 Å². The largest absolute Gasteiger partial charge is 0.393 e. The highest BCUT2D eigenvalue weighted by Crippen LogP contribution is 2.31. The smallest absolute Gasteiger partial charge is 0.333 e. The van der Waals surface area contributed by atoms with Gasteiger partial charge in [0.05, 0.1) is 30.0 Å². The molecule has 3 N–H and O–H groups in total. The van der Waals surface area contributed by atoms with Crippen molar-refractivity contribution in [1.29, 1.82) is 0 Å². The lowest BCUT2D eigenvalue weighted by molar-refractivity contribution is -0.129. The molecule has 43 heavy (non-hydrogen) atoms. The summed E-state index contributed by atoms with van der Waals surface area (Å²) >= 11 is 1.24. The maximum atomic E-state index is 14.0. The van der Waals surface area contributed by atoms with Gasteiger partial charge in [-0.2, -0.15) is 10.2 Å².